The van der Waals surface area contributed by atoms with E-state index in [0.717, 1.165) is 19.2 Å². The molecule has 1 aromatic rings. The first-order valence-corrected chi connectivity index (χ1v) is 6.09. The summed E-state index contributed by atoms with van der Waals surface area (Å²) >= 11 is 0. The van der Waals surface area contributed by atoms with Crippen LogP contribution in [0.15, 0.2) is 12.1 Å². The van der Waals surface area contributed by atoms with Crippen LogP contribution in [0.2, 0.25) is 0 Å². The number of nitrogens with two attached hydrogens (primary N) is 1. The highest BCUT2D eigenvalue weighted by molar-refractivity contribution is 5.96. The average molecular weight is 269 g/mol. The zero-order valence-electron chi connectivity index (χ0n) is 11.5. The number of hydrogen-bond donors (Lipinski definition) is 2. The van der Waals surface area contributed by atoms with Crippen molar-refractivity contribution in [3.8, 4) is 0 Å². The average Bonchev–Trinajstić information content (AvgIpc) is 2.40. The molecular formula is C13H20FN3O2. The minimum absolute atomic E-state index is 0.0700. The van der Waals surface area contributed by atoms with Gasteiger partial charge in [0, 0.05) is 18.8 Å². The normalized spacial score (nSPS) is 10.6. The van der Waals surface area contributed by atoms with Crippen molar-refractivity contribution in [2.24, 2.45) is 0 Å². The number of esters is 1. The Labute approximate surface area is 112 Å². The summed E-state index contributed by atoms with van der Waals surface area (Å²) in [6.07, 6.45) is 0. The van der Waals surface area contributed by atoms with E-state index in [9.17, 15) is 9.18 Å². The minimum Gasteiger partial charge on any atom is -0.465 e. The van der Waals surface area contributed by atoms with E-state index in [1.807, 2.05) is 14.0 Å². The smallest absolute Gasteiger partial charge is 0.340 e. The summed E-state index contributed by atoms with van der Waals surface area (Å²) in [4.78, 5) is 13.6. The number of nitrogen functional groups attached to an aromatic ring is 1. The van der Waals surface area contributed by atoms with Crippen molar-refractivity contribution in [2.45, 2.75) is 6.92 Å². The van der Waals surface area contributed by atoms with Gasteiger partial charge in [-0.15, -0.1) is 0 Å². The van der Waals surface area contributed by atoms with Gasteiger partial charge in [-0.2, -0.15) is 0 Å². The van der Waals surface area contributed by atoms with Crippen LogP contribution in [0.25, 0.3) is 0 Å². The van der Waals surface area contributed by atoms with Gasteiger partial charge in [-0.1, -0.05) is 6.92 Å². The summed E-state index contributed by atoms with van der Waals surface area (Å²) in [7, 11) is 3.23. The molecule has 0 saturated heterocycles. The largest absolute Gasteiger partial charge is 0.465 e. The molecular weight excluding hydrogens is 249 g/mol. The maximum atomic E-state index is 13.7. The second-order valence-electron chi connectivity index (χ2n) is 4.23. The van der Waals surface area contributed by atoms with Gasteiger partial charge in [-0.3, -0.25) is 0 Å². The lowest BCUT2D eigenvalue weighted by Crippen LogP contribution is -2.25. The quantitative estimate of drug-likeness (QED) is 0.606. The van der Waals surface area contributed by atoms with Crippen LogP contribution in [0.5, 0.6) is 0 Å². The van der Waals surface area contributed by atoms with Crippen LogP contribution in [0, 0.1) is 5.82 Å². The van der Waals surface area contributed by atoms with E-state index in [-0.39, 0.29) is 16.9 Å². The first-order chi connectivity index (χ1) is 8.99. The van der Waals surface area contributed by atoms with E-state index in [2.05, 4.69) is 15.0 Å². The van der Waals surface area contributed by atoms with Crippen LogP contribution in [0.1, 0.15) is 17.3 Å². The number of halogens is 1. The summed E-state index contributed by atoms with van der Waals surface area (Å²) < 4.78 is 18.3. The first kappa shape index (κ1) is 15.2. The molecule has 19 heavy (non-hydrogen) atoms. The molecule has 0 spiro atoms. The second kappa shape index (κ2) is 6.94. The molecule has 106 valence electrons. The van der Waals surface area contributed by atoms with Crippen molar-refractivity contribution in [1.82, 2.24) is 4.90 Å². The zero-order chi connectivity index (χ0) is 14.4. The van der Waals surface area contributed by atoms with E-state index in [0.29, 0.717) is 6.54 Å². The fraction of sp³-hybridized carbons (Fsp3) is 0.462. The van der Waals surface area contributed by atoms with E-state index in [1.54, 1.807) is 0 Å². The highest BCUT2D eigenvalue weighted by atomic mass is 19.1. The number of nitrogens with one attached hydrogen (secondary N) is 1. The van der Waals surface area contributed by atoms with Gasteiger partial charge in [0.2, 0.25) is 0 Å². The van der Waals surface area contributed by atoms with Crippen LogP contribution in [0.4, 0.5) is 15.8 Å². The summed E-state index contributed by atoms with van der Waals surface area (Å²) in [6, 6.07) is 2.50. The van der Waals surface area contributed by atoms with Crippen molar-refractivity contribution in [1.29, 1.82) is 0 Å². The molecule has 3 N–H and O–H groups in total. The molecule has 0 atom stereocenters. The fourth-order valence-electron chi connectivity index (χ4n) is 1.55. The van der Waals surface area contributed by atoms with Gasteiger partial charge in [0.25, 0.3) is 0 Å². The Morgan fingerprint density at radius 1 is 1.53 bits per heavy atom. The molecule has 0 bridgehead atoms. The van der Waals surface area contributed by atoms with Crippen LogP contribution < -0.4 is 11.1 Å². The van der Waals surface area contributed by atoms with E-state index in [4.69, 9.17) is 5.73 Å². The van der Waals surface area contributed by atoms with Gasteiger partial charge in [0.1, 0.15) is 5.82 Å². The number of methoxy groups -OCH3 is 1. The van der Waals surface area contributed by atoms with Crippen molar-refractivity contribution < 1.29 is 13.9 Å². The number of likely N-dealkylation sites (N-methyl/N-ethyl adjacent to an activating group) is 1. The number of nitrogens with zero attached hydrogens (tertiary/aromatic N) is 1. The van der Waals surface area contributed by atoms with Crippen LogP contribution in [-0.2, 0) is 4.74 Å². The Morgan fingerprint density at radius 3 is 2.79 bits per heavy atom. The van der Waals surface area contributed by atoms with Crippen molar-refractivity contribution in [2.75, 3.05) is 44.8 Å². The van der Waals surface area contributed by atoms with E-state index >= 15 is 0 Å². The lowest BCUT2D eigenvalue weighted by molar-refractivity contribution is 0.0602. The van der Waals surface area contributed by atoms with Gasteiger partial charge in [0.05, 0.1) is 18.4 Å². The Balaban J connectivity index is 2.80. The highest BCUT2D eigenvalue weighted by Crippen LogP contribution is 2.22. The fourth-order valence-corrected chi connectivity index (χ4v) is 1.55. The molecule has 0 amide bonds. The monoisotopic (exact) mass is 269 g/mol. The molecule has 5 nitrogen and oxygen atoms in total. The summed E-state index contributed by atoms with van der Waals surface area (Å²) in [6.45, 7) is 4.30. The number of rotatable bonds is 6. The van der Waals surface area contributed by atoms with Crippen molar-refractivity contribution in [3.05, 3.63) is 23.5 Å². The van der Waals surface area contributed by atoms with E-state index < -0.39 is 11.8 Å². The molecule has 0 aliphatic carbocycles. The van der Waals surface area contributed by atoms with Crippen LogP contribution in [0.3, 0.4) is 0 Å². The number of hydrogen-bond acceptors (Lipinski definition) is 5. The zero-order valence-corrected chi connectivity index (χ0v) is 11.5. The first-order valence-electron chi connectivity index (χ1n) is 6.09. The molecule has 0 aliphatic heterocycles. The lowest BCUT2D eigenvalue weighted by Gasteiger charge is -2.15. The van der Waals surface area contributed by atoms with Gasteiger partial charge in [-0.05, 0) is 25.7 Å². The Morgan fingerprint density at radius 2 is 2.21 bits per heavy atom. The number of carbonyl (C=O) groups is 1. The summed E-state index contributed by atoms with van der Waals surface area (Å²) in [5.74, 6) is -1.06. The Kier molecular flexibility index (Phi) is 5.57. The number of benzene rings is 1. The minimum atomic E-state index is -0.578. The lowest BCUT2D eigenvalue weighted by atomic mass is 10.1. The standard InChI is InChI=1S/C13H20FN3O2/c1-4-17(2)6-5-16-12-7-9(13(18)19-3)11(15)8-10(12)14/h7-8,16H,4-6,15H2,1-3H3. The molecule has 0 unspecified atom stereocenters. The topological polar surface area (TPSA) is 67.6 Å². The highest BCUT2D eigenvalue weighted by Gasteiger charge is 2.14. The molecule has 0 aromatic heterocycles. The van der Waals surface area contributed by atoms with Gasteiger partial charge in [-0.25, -0.2) is 9.18 Å². The summed E-state index contributed by atoms with van der Waals surface area (Å²) in [5.41, 5.74) is 6.07. The third-order valence-electron chi connectivity index (χ3n) is 2.89. The molecule has 1 aromatic carbocycles. The Hall–Kier alpha value is -1.82. The van der Waals surface area contributed by atoms with Crippen LogP contribution >= 0.6 is 0 Å². The van der Waals surface area contributed by atoms with Crippen molar-refractivity contribution >= 4 is 17.3 Å². The maximum Gasteiger partial charge on any atom is 0.340 e. The van der Waals surface area contributed by atoms with Gasteiger partial charge >= 0.3 is 5.97 Å². The molecule has 0 saturated carbocycles. The van der Waals surface area contributed by atoms with Crippen LogP contribution in [-0.4, -0.2) is 44.7 Å². The third kappa shape index (κ3) is 4.10. The Bertz CT molecular complexity index is 452. The molecule has 0 fully saturated rings. The number of ether oxygens (including phenoxy) is 1. The van der Waals surface area contributed by atoms with E-state index in [1.165, 1.54) is 13.2 Å². The second-order valence-corrected chi connectivity index (χ2v) is 4.23. The molecule has 0 heterocycles. The molecule has 6 heteroatoms. The third-order valence-corrected chi connectivity index (χ3v) is 2.89. The van der Waals surface area contributed by atoms with Gasteiger partial charge < -0.3 is 20.7 Å². The predicted molar refractivity (Wildman–Crippen MR) is 73.8 cm³/mol. The maximum absolute atomic E-state index is 13.7. The SMILES string of the molecule is CCN(C)CCNc1cc(C(=O)OC)c(N)cc1F. The molecule has 0 aliphatic rings. The predicted octanol–water partition coefficient (Wildman–Crippen LogP) is 1.56. The summed E-state index contributed by atoms with van der Waals surface area (Å²) in [5, 5.41) is 2.94. The molecule has 1 rings (SSSR count). The van der Waals surface area contributed by atoms with Gasteiger partial charge in [0.15, 0.2) is 0 Å². The number of anilines is 2. The number of carbonyl (C=O) groups excluding carboxylic acids is 1. The molecule has 0 radical (unpaired) electrons. The van der Waals surface area contributed by atoms with Crippen molar-refractivity contribution in [3.63, 3.8) is 0 Å².